The minimum absolute atomic E-state index is 0.671. The van der Waals surface area contributed by atoms with E-state index in [2.05, 4.69) is 0 Å². The van der Waals surface area contributed by atoms with Crippen molar-refractivity contribution in [2.75, 3.05) is 11.5 Å². The van der Waals surface area contributed by atoms with Crippen LogP contribution < -0.4 is 5.73 Å². The summed E-state index contributed by atoms with van der Waals surface area (Å²) in [5.41, 5.74) is 7.77. The molecule has 0 aromatic heterocycles. The van der Waals surface area contributed by atoms with Crippen LogP contribution in [0.4, 0.5) is 5.69 Å². The molecule has 0 heterocycles. The number of rotatable bonds is 3. The van der Waals surface area contributed by atoms with Crippen LogP contribution in [0.15, 0.2) is 23.1 Å². The average molecular weight is 263 g/mol. The van der Waals surface area contributed by atoms with Gasteiger partial charge in [-0.15, -0.1) is 0 Å². The van der Waals surface area contributed by atoms with Crippen molar-refractivity contribution in [2.45, 2.75) is 37.5 Å². The van der Waals surface area contributed by atoms with Crippen molar-refractivity contribution >= 4 is 16.5 Å². The first-order valence-electron chi connectivity index (χ1n) is 6.88. The number of nitrogen functional groups attached to an aromatic ring is 1. The van der Waals surface area contributed by atoms with E-state index in [0.717, 1.165) is 28.0 Å². The first kappa shape index (κ1) is 12.2. The Bertz CT molecular complexity index is 485. The Morgan fingerprint density at radius 1 is 1.33 bits per heavy atom. The fraction of sp³-hybridized carbons (Fsp3) is 0.600. The van der Waals surface area contributed by atoms with E-state index in [1.54, 1.807) is 0 Å². The highest BCUT2D eigenvalue weighted by Crippen LogP contribution is 2.48. The van der Waals surface area contributed by atoms with Crippen molar-refractivity contribution in [3.63, 3.8) is 0 Å². The SMILES string of the molecule is Cc1ccc(N)c(S(=O)CC2CC3CCC2C3)c1. The van der Waals surface area contributed by atoms with Crippen LogP contribution in [0.1, 0.15) is 31.2 Å². The first-order chi connectivity index (χ1) is 8.63. The van der Waals surface area contributed by atoms with E-state index >= 15 is 0 Å². The molecule has 0 aliphatic heterocycles. The summed E-state index contributed by atoms with van der Waals surface area (Å²) in [6.45, 7) is 2.03. The first-order valence-corrected chi connectivity index (χ1v) is 8.20. The third kappa shape index (κ3) is 2.20. The number of hydrogen-bond acceptors (Lipinski definition) is 2. The van der Waals surface area contributed by atoms with Gasteiger partial charge in [0.2, 0.25) is 0 Å². The number of benzene rings is 1. The summed E-state index contributed by atoms with van der Waals surface area (Å²) in [4.78, 5) is 0.845. The Kier molecular flexibility index (Phi) is 3.18. The Morgan fingerprint density at radius 3 is 2.83 bits per heavy atom. The van der Waals surface area contributed by atoms with E-state index in [0.29, 0.717) is 11.6 Å². The van der Waals surface area contributed by atoms with Crippen molar-refractivity contribution < 1.29 is 4.21 Å². The Morgan fingerprint density at radius 2 is 2.17 bits per heavy atom. The van der Waals surface area contributed by atoms with Gasteiger partial charge in [-0.1, -0.05) is 12.5 Å². The molecule has 2 bridgehead atoms. The van der Waals surface area contributed by atoms with Gasteiger partial charge in [0.15, 0.2) is 0 Å². The topological polar surface area (TPSA) is 43.1 Å². The molecule has 2 fully saturated rings. The van der Waals surface area contributed by atoms with Crippen molar-refractivity contribution in [3.05, 3.63) is 23.8 Å². The van der Waals surface area contributed by atoms with E-state index in [1.807, 2.05) is 25.1 Å². The summed E-state index contributed by atoms with van der Waals surface area (Å²) < 4.78 is 12.5. The van der Waals surface area contributed by atoms with E-state index in [-0.39, 0.29) is 0 Å². The molecule has 1 aromatic carbocycles. The Balaban J connectivity index is 1.73. The van der Waals surface area contributed by atoms with E-state index in [4.69, 9.17) is 5.73 Å². The molecular formula is C15H21NOS. The third-order valence-corrected chi connectivity index (χ3v) is 6.24. The van der Waals surface area contributed by atoms with Crippen molar-refractivity contribution in [1.29, 1.82) is 0 Å². The number of anilines is 1. The molecule has 98 valence electrons. The highest BCUT2D eigenvalue weighted by atomic mass is 32.2. The van der Waals surface area contributed by atoms with Gasteiger partial charge in [-0.25, -0.2) is 0 Å². The van der Waals surface area contributed by atoms with E-state index in [9.17, 15) is 4.21 Å². The predicted octanol–water partition coefficient (Wildman–Crippen LogP) is 3.12. The second-order valence-electron chi connectivity index (χ2n) is 5.99. The van der Waals surface area contributed by atoms with Crippen LogP contribution in [0.2, 0.25) is 0 Å². The molecule has 0 saturated heterocycles. The maximum Gasteiger partial charge on any atom is 0.0620 e. The lowest BCUT2D eigenvalue weighted by atomic mass is 9.90. The van der Waals surface area contributed by atoms with Crippen LogP contribution in [0, 0.1) is 24.7 Å². The van der Waals surface area contributed by atoms with Crippen LogP contribution in [-0.4, -0.2) is 9.96 Å². The standard InChI is InChI=1S/C15H21NOS/c1-10-2-5-14(16)15(6-10)18(17)9-13-8-11-3-4-12(13)7-11/h2,5-6,11-13H,3-4,7-9,16H2,1H3. The van der Waals surface area contributed by atoms with Gasteiger partial charge >= 0.3 is 0 Å². The second kappa shape index (κ2) is 4.69. The highest BCUT2D eigenvalue weighted by molar-refractivity contribution is 7.85. The zero-order valence-electron chi connectivity index (χ0n) is 10.9. The van der Waals surface area contributed by atoms with Crippen LogP contribution in [0.25, 0.3) is 0 Å². The molecule has 2 nitrogen and oxygen atoms in total. The van der Waals surface area contributed by atoms with Crippen molar-refractivity contribution in [2.24, 2.45) is 17.8 Å². The molecule has 0 spiro atoms. The Labute approximate surface area is 111 Å². The van der Waals surface area contributed by atoms with Crippen LogP contribution in [0.3, 0.4) is 0 Å². The lowest BCUT2D eigenvalue weighted by molar-refractivity contribution is 0.363. The molecule has 4 unspecified atom stereocenters. The largest absolute Gasteiger partial charge is 0.398 e. The number of fused-ring (bicyclic) bond motifs is 2. The lowest BCUT2D eigenvalue weighted by Crippen LogP contribution is -2.18. The number of hydrogen-bond donors (Lipinski definition) is 1. The maximum atomic E-state index is 12.5. The minimum Gasteiger partial charge on any atom is -0.398 e. The third-order valence-electron chi connectivity index (χ3n) is 4.66. The van der Waals surface area contributed by atoms with Gasteiger partial charge < -0.3 is 5.73 Å². The Hall–Kier alpha value is -0.830. The quantitative estimate of drug-likeness (QED) is 0.851. The molecule has 0 radical (unpaired) electrons. The zero-order chi connectivity index (χ0) is 12.7. The summed E-state index contributed by atoms with van der Waals surface area (Å²) in [5, 5.41) is 0. The smallest absolute Gasteiger partial charge is 0.0620 e. The fourth-order valence-corrected chi connectivity index (χ4v) is 5.33. The molecule has 4 atom stereocenters. The maximum absolute atomic E-state index is 12.5. The molecule has 1 aromatic rings. The van der Waals surface area contributed by atoms with Gasteiger partial charge in [0.1, 0.15) is 0 Å². The molecule has 3 heteroatoms. The normalized spacial score (nSPS) is 31.7. The van der Waals surface area contributed by atoms with Gasteiger partial charge in [-0.2, -0.15) is 0 Å². The van der Waals surface area contributed by atoms with Crippen LogP contribution in [-0.2, 0) is 10.8 Å². The molecule has 0 amide bonds. The zero-order valence-corrected chi connectivity index (χ0v) is 11.7. The summed E-state index contributed by atoms with van der Waals surface area (Å²) >= 11 is 0. The van der Waals surface area contributed by atoms with E-state index in [1.165, 1.54) is 25.7 Å². The lowest BCUT2D eigenvalue weighted by Gasteiger charge is -2.21. The molecule has 18 heavy (non-hydrogen) atoms. The molecule has 2 aliphatic rings. The van der Waals surface area contributed by atoms with Crippen molar-refractivity contribution in [3.8, 4) is 0 Å². The second-order valence-corrected chi connectivity index (χ2v) is 7.45. The summed E-state index contributed by atoms with van der Waals surface area (Å²) in [5.74, 6) is 3.25. The van der Waals surface area contributed by atoms with Crippen molar-refractivity contribution in [1.82, 2.24) is 0 Å². The fourth-order valence-electron chi connectivity index (χ4n) is 3.70. The van der Waals surface area contributed by atoms with Gasteiger partial charge in [-0.05, 0) is 61.6 Å². The molecule has 2 N–H and O–H groups in total. The molecule has 2 aliphatic carbocycles. The molecule has 2 saturated carbocycles. The van der Waals surface area contributed by atoms with E-state index < -0.39 is 10.8 Å². The molecular weight excluding hydrogens is 242 g/mol. The number of aryl methyl sites for hydroxylation is 1. The highest BCUT2D eigenvalue weighted by Gasteiger charge is 2.40. The molecule has 3 rings (SSSR count). The van der Waals surface area contributed by atoms with Gasteiger partial charge in [-0.3, -0.25) is 4.21 Å². The average Bonchev–Trinajstić information content (AvgIpc) is 2.94. The monoisotopic (exact) mass is 263 g/mol. The predicted molar refractivity (Wildman–Crippen MR) is 75.8 cm³/mol. The van der Waals surface area contributed by atoms with Gasteiger partial charge in [0.05, 0.1) is 15.7 Å². The van der Waals surface area contributed by atoms with Gasteiger partial charge in [0, 0.05) is 11.4 Å². The summed E-state index contributed by atoms with van der Waals surface area (Å²) in [6.07, 6.45) is 5.43. The van der Waals surface area contributed by atoms with Crippen LogP contribution >= 0.6 is 0 Å². The minimum atomic E-state index is -0.922. The number of nitrogens with two attached hydrogens (primary N) is 1. The van der Waals surface area contributed by atoms with Gasteiger partial charge in [0.25, 0.3) is 0 Å². The van der Waals surface area contributed by atoms with Crippen LogP contribution in [0.5, 0.6) is 0 Å². The summed E-state index contributed by atoms with van der Waals surface area (Å²) in [6, 6.07) is 5.84. The summed E-state index contributed by atoms with van der Waals surface area (Å²) in [7, 11) is -0.922.